The van der Waals surface area contributed by atoms with Gasteiger partial charge in [0, 0.05) is 5.56 Å². The molecule has 1 unspecified atom stereocenters. The van der Waals surface area contributed by atoms with Crippen molar-refractivity contribution in [1.29, 1.82) is 0 Å². The van der Waals surface area contributed by atoms with Crippen molar-refractivity contribution in [3.8, 4) is 0 Å². The monoisotopic (exact) mass is 279 g/mol. The molecule has 1 heterocycles. The van der Waals surface area contributed by atoms with E-state index in [9.17, 15) is 4.39 Å². The molecule has 0 aromatic heterocycles. The average molecular weight is 279 g/mol. The third-order valence-corrected chi connectivity index (χ3v) is 2.59. The van der Waals surface area contributed by atoms with Gasteiger partial charge in [-0.2, -0.15) is 5.10 Å². The molecule has 2 rings (SSSR count). The molecule has 1 aromatic rings. The van der Waals surface area contributed by atoms with E-state index in [1.165, 1.54) is 6.07 Å². The summed E-state index contributed by atoms with van der Waals surface area (Å²) in [6.07, 6.45) is -0.0588. The average Bonchev–Trinajstić information content (AvgIpc) is 2.82. The highest BCUT2D eigenvalue weighted by molar-refractivity contribution is 6.39. The first-order chi connectivity index (χ1) is 9.56. The van der Waals surface area contributed by atoms with E-state index in [2.05, 4.69) is 10.2 Å². The van der Waals surface area contributed by atoms with Crippen LogP contribution in [0, 0.1) is 5.82 Å². The lowest BCUT2D eigenvalue weighted by molar-refractivity contribution is 0.227. The minimum Gasteiger partial charge on any atom is -0.483 e. The second kappa shape index (κ2) is 6.49. The highest BCUT2D eigenvalue weighted by Crippen LogP contribution is 2.09. The summed E-state index contributed by atoms with van der Waals surface area (Å²) < 4.78 is 28.9. The molecule has 2 N–H and O–H groups in total. The van der Waals surface area contributed by atoms with Gasteiger partial charge in [0.05, 0.1) is 18.4 Å². The van der Waals surface area contributed by atoms with Gasteiger partial charge in [-0.1, -0.05) is 23.3 Å². The van der Waals surface area contributed by atoms with E-state index in [4.69, 9.17) is 19.7 Å². The summed E-state index contributed by atoms with van der Waals surface area (Å²) >= 11 is 0. The third-order valence-electron chi connectivity index (χ3n) is 2.59. The van der Waals surface area contributed by atoms with Gasteiger partial charge in [0.15, 0.2) is 0 Å². The summed E-state index contributed by atoms with van der Waals surface area (Å²) in [7, 11) is -0.877. The quantitative estimate of drug-likeness (QED) is 0.391. The Morgan fingerprint density at radius 3 is 2.85 bits per heavy atom. The number of rotatable bonds is 3. The predicted octanol–water partition coefficient (Wildman–Crippen LogP) is 1.30. The van der Waals surface area contributed by atoms with E-state index >= 15 is 0 Å². The van der Waals surface area contributed by atoms with Crippen LogP contribution in [-0.4, -0.2) is 31.8 Å². The van der Waals surface area contributed by atoms with Crippen LogP contribution in [0.2, 0.25) is 0 Å². The molecule has 20 heavy (non-hydrogen) atoms. The summed E-state index contributed by atoms with van der Waals surface area (Å²) in [6, 6.07) is 6.05. The van der Waals surface area contributed by atoms with E-state index in [0.29, 0.717) is 17.9 Å². The molecule has 1 aromatic carbocycles. The summed E-state index contributed by atoms with van der Waals surface area (Å²) in [4.78, 5) is 0. The minimum absolute atomic E-state index is 0.0588. The summed E-state index contributed by atoms with van der Waals surface area (Å²) in [5, 5.41) is 7.48. The molecule has 106 valence electrons. The molecule has 1 fully saturated rings. The van der Waals surface area contributed by atoms with Crippen molar-refractivity contribution in [2.75, 3.05) is 6.61 Å². The Kier molecular flexibility index (Phi) is 4.70. The van der Waals surface area contributed by atoms with Gasteiger partial charge >= 0.3 is 7.32 Å². The maximum Gasteiger partial charge on any atom is 0.715 e. The van der Waals surface area contributed by atoms with Crippen LogP contribution >= 0.6 is 0 Å². The molecule has 6 nitrogen and oxygen atoms in total. The Morgan fingerprint density at radius 1 is 1.45 bits per heavy atom. The Labute approximate surface area is 116 Å². The van der Waals surface area contributed by atoms with E-state index in [1.54, 1.807) is 25.1 Å². The Morgan fingerprint density at radius 2 is 2.20 bits per heavy atom. The highest BCUT2D eigenvalue weighted by Gasteiger charge is 2.34. The number of halogens is 1. The molecule has 0 spiro atoms. The summed E-state index contributed by atoms with van der Waals surface area (Å²) in [5.41, 5.74) is 6.27. The van der Waals surface area contributed by atoms with Crippen molar-refractivity contribution >= 4 is 19.1 Å². The second-order valence-electron chi connectivity index (χ2n) is 4.29. The molecule has 1 aliphatic heterocycles. The van der Waals surface area contributed by atoms with Crippen LogP contribution in [0.3, 0.4) is 0 Å². The van der Waals surface area contributed by atoms with Crippen LogP contribution in [-0.2, 0) is 14.0 Å². The fourth-order valence-electron chi connectivity index (χ4n) is 1.60. The van der Waals surface area contributed by atoms with Crippen LogP contribution in [0.15, 0.2) is 34.5 Å². The van der Waals surface area contributed by atoms with Crippen LogP contribution in [0.5, 0.6) is 0 Å². The van der Waals surface area contributed by atoms with Gasteiger partial charge in [-0.15, -0.1) is 0 Å². The lowest BCUT2D eigenvalue weighted by Crippen LogP contribution is -2.29. The molecule has 1 atom stereocenters. The molecule has 0 radical (unpaired) electrons. The number of hydrogen-bond acceptors (Lipinski definition) is 5. The lowest BCUT2D eigenvalue weighted by Gasteiger charge is -2.05. The van der Waals surface area contributed by atoms with Crippen molar-refractivity contribution in [3.05, 3.63) is 35.6 Å². The normalized spacial score (nSPS) is 20.4. The van der Waals surface area contributed by atoms with Crippen molar-refractivity contribution in [3.63, 3.8) is 0 Å². The maximum atomic E-state index is 13.5. The minimum atomic E-state index is -0.877. The topological polar surface area (TPSA) is 78.4 Å². The molecular formula is C12H15BFN3O3. The van der Waals surface area contributed by atoms with Crippen molar-refractivity contribution in [2.45, 2.75) is 20.0 Å². The summed E-state index contributed by atoms with van der Waals surface area (Å²) in [5.74, 6) is -0.375. The van der Waals surface area contributed by atoms with Crippen LogP contribution in [0.1, 0.15) is 19.4 Å². The van der Waals surface area contributed by atoms with Gasteiger partial charge in [0.1, 0.15) is 5.82 Å². The molecule has 0 amide bonds. The Bertz CT molecular complexity index is 538. The molecule has 1 aliphatic rings. The number of benzene rings is 1. The lowest BCUT2D eigenvalue weighted by atomic mass is 10.1. The second-order valence-corrected chi connectivity index (χ2v) is 4.29. The Hall–Kier alpha value is -1.93. The van der Waals surface area contributed by atoms with Gasteiger partial charge in [0.2, 0.25) is 0 Å². The number of nitrogens with zero attached hydrogens (tertiary/aromatic N) is 2. The van der Waals surface area contributed by atoms with E-state index in [1.807, 2.05) is 6.92 Å². The molecule has 8 heteroatoms. The maximum absolute atomic E-state index is 13.5. The fraction of sp³-hybridized carbons (Fsp3) is 0.333. The first-order valence-corrected chi connectivity index (χ1v) is 6.12. The van der Waals surface area contributed by atoms with E-state index in [-0.39, 0.29) is 17.9 Å². The Balaban J connectivity index is 1.99. The van der Waals surface area contributed by atoms with E-state index < -0.39 is 7.32 Å². The molecule has 1 saturated heterocycles. The van der Waals surface area contributed by atoms with Crippen molar-refractivity contribution in [1.82, 2.24) is 0 Å². The van der Waals surface area contributed by atoms with Gasteiger partial charge in [0.25, 0.3) is 6.02 Å². The first kappa shape index (κ1) is 14.5. The first-order valence-electron chi connectivity index (χ1n) is 6.12. The van der Waals surface area contributed by atoms with Gasteiger partial charge in [-0.05, 0) is 19.9 Å². The van der Waals surface area contributed by atoms with Crippen LogP contribution in [0.25, 0.3) is 0 Å². The van der Waals surface area contributed by atoms with Gasteiger partial charge in [-0.3, -0.25) is 0 Å². The summed E-state index contributed by atoms with van der Waals surface area (Å²) in [6.45, 7) is 3.90. The highest BCUT2D eigenvalue weighted by atomic mass is 19.1. The number of hydrogen-bond donors (Lipinski definition) is 1. The zero-order valence-corrected chi connectivity index (χ0v) is 11.2. The zero-order chi connectivity index (χ0) is 14.5. The SMILES string of the molecule is C/C(=N/N=C(/N)OB1OCC(C)O1)c1ccccc1F. The van der Waals surface area contributed by atoms with Crippen molar-refractivity contribution in [2.24, 2.45) is 15.9 Å². The fourth-order valence-corrected chi connectivity index (χ4v) is 1.60. The van der Waals surface area contributed by atoms with Crippen LogP contribution < -0.4 is 5.73 Å². The van der Waals surface area contributed by atoms with Gasteiger partial charge < -0.3 is 19.7 Å². The molecular weight excluding hydrogens is 264 g/mol. The predicted molar refractivity (Wildman–Crippen MR) is 73.6 cm³/mol. The molecule has 0 bridgehead atoms. The van der Waals surface area contributed by atoms with Crippen LogP contribution in [0.4, 0.5) is 4.39 Å². The van der Waals surface area contributed by atoms with Gasteiger partial charge in [-0.25, -0.2) is 4.39 Å². The smallest absolute Gasteiger partial charge is 0.483 e. The van der Waals surface area contributed by atoms with E-state index in [0.717, 1.165) is 0 Å². The molecule has 0 aliphatic carbocycles. The standard InChI is InChI=1S/C12H15BFN3O3/c1-8-7-18-13(19-8)20-12(15)17-16-9(2)10-5-3-4-6-11(10)14/h3-6,8H,7H2,1-2H3,(H2,15,17)/b16-9-. The zero-order valence-electron chi connectivity index (χ0n) is 11.2. The largest absolute Gasteiger partial charge is 0.715 e. The number of amidine groups is 1. The third kappa shape index (κ3) is 3.78. The number of nitrogens with two attached hydrogens (primary N) is 1. The van der Waals surface area contributed by atoms with Crippen molar-refractivity contribution < 1.29 is 18.4 Å². The molecule has 0 saturated carbocycles.